The second-order valence-corrected chi connectivity index (χ2v) is 5.84. The number of rotatable bonds is 6. The molecule has 3 heteroatoms. The van der Waals surface area contributed by atoms with Crippen molar-refractivity contribution in [3.8, 4) is 0 Å². The molecule has 0 heterocycles. The summed E-state index contributed by atoms with van der Waals surface area (Å²) in [5.74, 6) is 0.0430. The maximum Gasteiger partial charge on any atom is 0.225 e. The molecule has 0 saturated heterocycles. The zero-order valence-electron chi connectivity index (χ0n) is 13.6. The van der Waals surface area contributed by atoms with Crippen molar-refractivity contribution in [2.75, 3.05) is 11.9 Å². The predicted octanol–water partition coefficient (Wildman–Crippen LogP) is 3.73. The van der Waals surface area contributed by atoms with Crippen molar-refractivity contribution in [1.82, 2.24) is 5.32 Å². The molecule has 116 valence electrons. The Balaban J connectivity index is 1.72. The van der Waals surface area contributed by atoms with Gasteiger partial charge in [0.1, 0.15) is 0 Å². The van der Waals surface area contributed by atoms with Gasteiger partial charge in [-0.2, -0.15) is 0 Å². The number of carbonyl (C=O) groups is 1. The first kappa shape index (κ1) is 16.2. The molecule has 2 N–H and O–H groups in total. The first-order chi connectivity index (χ1) is 10.5. The van der Waals surface area contributed by atoms with E-state index in [4.69, 9.17) is 0 Å². The topological polar surface area (TPSA) is 41.1 Å². The highest BCUT2D eigenvalue weighted by molar-refractivity contribution is 5.91. The fourth-order valence-electron chi connectivity index (χ4n) is 2.41. The summed E-state index contributed by atoms with van der Waals surface area (Å²) in [4.78, 5) is 11.9. The Morgan fingerprint density at radius 1 is 0.909 bits per heavy atom. The van der Waals surface area contributed by atoms with Crippen LogP contribution in [0.25, 0.3) is 0 Å². The van der Waals surface area contributed by atoms with Crippen LogP contribution in [0.1, 0.15) is 28.7 Å². The molecule has 2 rings (SSSR count). The molecule has 0 bridgehead atoms. The minimum absolute atomic E-state index is 0.0430. The van der Waals surface area contributed by atoms with E-state index in [2.05, 4.69) is 47.9 Å². The second-order valence-electron chi connectivity index (χ2n) is 5.84. The number of benzene rings is 2. The molecule has 22 heavy (non-hydrogen) atoms. The standard InChI is InChI=1S/C19H24N2O/c1-14-4-6-17(7-5-14)13-20-9-8-19(22)21-18-11-15(2)10-16(3)12-18/h4-7,10-12,20H,8-9,13H2,1-3H3,(H,21,22). The van der Waals surface area contributed by atoms with Gasteiger partial charge in [-0.25, -0.2) is 0 Å². The highest BCUT2D eigenvalue weighted by Crippen LogP contribution is 2.13. The number of anilines is 1. The summed E-state index contributed by atoms with van der Waals surface area (Å²) in [5.41, 5.74) is 5.69. The van der Waals surface area contributed by atoms with Gasteiger partial charge >= 0.3 is 0 Å². The van der Waals surface area contributed by atoms with Crippen molar-refractivity contribution < 1.29 is 4.79 Å². The third kappa shape index (κ3) is 5.34. The lowest BCUT2D eigenvalue weighted by Gasteiger charge is -2.08. The summed E-state index contributed by atoms with van der Waals surface area (Å²) in [7, 11) is 0. The maximum atomic E-state index is 11.9. The number of amides is 1. The van der Waals surface area contributed by atoms with Crippen LogP contribution in [-0.2, 0) is 11.3 Å². The SMILES string of the molecule is Cc1ccc(CNCCC(=O)Nc2cc(C)cc(C)c2)cc1. The summed E-state index contributed by atoms with van der Waals surface area (Å²) in [6, 6.07) is 14.5. The smallest absolute Gasteiger partial charge is 0.225 e. The zero-order chi connectivity index (χ0) is 15.9. The van der Waals surface area contributed by atoms with E-state index < -0.39 is 0 Å². The van der Waals surface area contributed by atoms with E-state index in [1.54, 1.807) is 0 Å². The summed E-state index contributed by atoms with van der Waals surface area (Å²) in [6.45, 7) is 7.60. The molecule has 0 unspecified atom stereocenters. The van der Waals surface area contributed by atoms with Crippen LogP contribution in [0, 0.1) is 20.8 Å². The summed E-state index contributed by atoms with van der Waals surface area (Å²) < 4.78 is 0. The Labute approximate surface area is 132 Å². The first-order valence-electron chi connectivity index (χ1n) is 7.67. The average molecular weight is 296 g/mol. The van der Waals surface area contributed by atoms with Crippen LogP contribution in [0.5, 0.6) is 0 Å². The van der Waals surface area contributed by atoms with Gasteiger partial charge in [0.05, 0.1) is 0 Å². The number of carbonyl (C=O) groups excluding carboxylic acids is 1. The van der Waals surface area contributed by atoms with Gasteiger partial charge < -0.3 is 10.6 Å². The molecule has 1 amide bonds. The third-order valence-corrected chi connectivity index (χ3v) is 3.48. The van der Waals surface area contributed by atoms with Gasteiger partial charge in [0.2, 0.25) is 5.91 Å². The number of hydrogen-bond acceptors (Lipinski definition) is 2. The molecule has 0 aromatic heterocycles. The monoisotopic (exact) mass is 296 g/mol. The molecule has 2 aromatic carbocycles. The Morgan fingerprint density at radius 2 is 1.55 bits per heavy atom. The van der Waals surface area contributed by atoms with Gasteiger partial charge in [-0.3, -0.25) is 4.79 Å². The van der Waals surface area contributed by atoms with Gasteiger partial charge in [0.25, 0.3) is 0 Å². The van der Waals surface area contributed by atoms with Gasteiger partial charge in [-0.05, 0) is 49.6 Å². The van der Waals surface area contributed by atoms with E-state index in [1.807, 2.05) is 26.0 Å². The van der Waals surface area contributed by atoms with Gasteiger partial charge in [-0.1, -0.05) is 35.9 Å². The Bertz CT molecular complexity index is 612. The van der Waals surface area contributed by atoms with E-state index >= 15 is 0 Å². The van der Waals surface area contributed by atoms with Gasteiger partial charge in [0, 0.05) is 25.2 Å². The minimum atomic E-state index is 0.0430. The molecule has 0 fully saturated rings. The molecule has 3 nitrogen and oxygen atoms in total. The Kier molecular flexibility index (Phi) is 5.73. The van der Waals surface area contributed by atoms with E-state index in [1.165, 1.54) is 11.1 Å². The molecular weight excluding hydrogens is 272 g/mol. The van der Waals surface area contributed by atoms with E-state index in [0.717, 1.165) is 23.4 Å². The number of nitrogens with one attached hydrogen (secondary N) is 2. The fourth-order valence-corrected chi connectivity index (χ4v) is 2.41. The quantitative estimate of drug-likeness (QED) is 0.798. The fraction of sp³-hybridized carbons (Fsp3) is 0.316. The lowest BCUT2D eigenvalue weighted by molar-refractivity contribution is -0.116. The molecule has 0 aliphatic rings. The molecule has 0 atom stereocenters. The molecule has 0 aliphatic carbocycles. The van der Waals surface area contributed by atoms with Crippen LogP contribution < -0.4 is 10.6 Å². The highest BCUT2D eigenvalue weighted by Gasteiger charge is 2.03. The van der Waals surface area contributed by atoms with Crippen LogP contribution in [0.2, 0.25) is 0 Å². The van der Waals surface area contributed by atoms with Gasteiger partial charge in [-0.15, -0.1) is 0 Å². The largest absolute Gasteiger partial charge is 0.326 e. The van der Waals surface area contributed by atoms with E-state index in [0.29, 0.717) is 13.0 Å². The normalized spacial score (nSPS) is 10.5. The van der Waals surface area contributed by atoms with Crippen LogP contribution in [-0.4, -0.2) is 12.5 Å². The third-order valence-electron chi connectivity index (χ3n) is 3.48. The molecule has 0 aliphatic heterocycles. The van der Waals surface area contributed by atoms with Crippen molar-refractivity contribution >= 4 is 11.6 Å². The predicted molar refractivity (Wildman–Crippen MR) is 92.0 cm³/mol. The first-order valence-corrected chi connectivity index (χ1v) is 7.67. The van der Waals surface area contributed by atoms with Crippen molar-refractivity contribution in [2.24, 2.45) is 0 Å². The second kappa shape index (κ2) is 7.76. The zero-order valence-corrected chi connectivity index (χ0v) is 13.6. The number of hydrogen-bond donors (Lipinski definition) is 2. The van der Waals surface area contributed by atoms with E-state index in [9.17, 15) is 4.79 Å². The average Bonchev–Trinajstić information content (AvgIpc) is 2.44. The molecule has 0 saturated carbocycles. The summed E-state index contributed by atoms with van der Waals surface area (Å²) >= 11 is 0. The molecule has 0 spiro atoms. The van der Waals surface area contributed by atoms with E-state index in [-0.39, 0.29) is 5.91 Å². The van der Waals surface area contributed by atoms with Crippen molar-refractivity contribution in [3.63, 3.8) is 0 Å². The van der Waals surface area contributed by atoms with Crippen LogP contribution >= 0.6 is 0 Å². The molecular formula is C19H24N2O. The Morgan fingerprint density at radius 3 is 2.18 bits per heavy atom. The van der Waals surface area contributed by atoms with Crippen molar-refractivity contribution in [3.05, 3.63) is 64.7 Å². The lowest BCUT2D eigenvalue weighted by Crippen LogP contribution is -2.21. The summed E-state index contributed by atoms with van der Waals surface area (Å²) in [6.07, 6.45) is 0.471. The number of aryl methyl sites for hydroxylation is 3. The van der Waals surface area contributed by atoms with Crippen LogP contribution in [0.4, 0.5) is 5.69 Å². The minimum Gasteiger partial charge on any atom is -0.326 e. The maximum absolute atomic E-state index is 11.9. The van der Waals surface area contributed by atoms with Crippen LogP contribution in [0.3, 0.4) is 0 Å². The lowest BCUT2D eigenvalue weighted by atomic mass is 10.1. The molecule has 0 radical (unpaired) electrons. The van der Waals surface area contributed by atoms with Crippen molar-refractivity contribution in [2.45, 2.75) is 33.7 Å². The molecule has 2 aromatic rings. The Hall–Kier alpha value is -2.13. The highest BCUT2D eigenvalue weighted by atomic mass is 16.1. The van der Waals surface area contributed by atoms with Crippen LogP contribution in [0.15, 0.2) is 42.5 Å². The van der Waals surface area contributed by atoms with Crippen molar-refractivity contribution in [1.29, 1.82) is 0 Å². The summed E-state index contributed by atoms with van der Waals surface area (Å²) in [5, 5.41) is 6.25. The van der Waals surface area contributed by atoms with Gasteiger partial charge in [0.15, 0.2) is 0 Å².